The summed E-state index contributed by atoms with van der Waals surface area (Å²) in [6.45, 7) is 3.01. The Kier molecular flexibility index (Phi) is 6.59. The molecular formula is C17H24BrN3O2. The number of halogens is 1. The van der Waals surface area contributed by atoms with Crippen LogP contribution in [0.4, 0.5) is 0 Å². The van der Waals surface area contributed by atoms with Gasteiger partial charge in [-0.15, -0.1) is 0 Å². The first-order valence-corrected chi connectivity index (χ1v) is 8.76. The highest BCUT2D eigenvalue weighted by atomic mass is 79.9. The summed E-state index contributed by atoms with van der Waals surface area (Å²) in [6, 6.07) is 7.79. The van der Waals surface area contributed by atoms with Gasteiger partial charge in [0, 0.05) is 30.5 Å². The van der Waals surface area contributed by atoms with Crippen molar-refractivity contribution in [2.45, 2.75) is 38.3 Å². The summed E-state index contributed by atoms with van der Waals surface area (Å²) < 4.78 is 0.974. The van der Waals surface area contributed by atoms with Crippen molar-refractivity contribution in [2.24, 2.45) is 0 Å². The van der Waals surface area contributed by atoms with Crippen LogP contribution in [-0.2, 0) is 9.59 Å². The molecular weight excluding hydrogens is 358 g/mol. The summed E-state index contributed by atoms with van der Waals surface area (Å²) >= 11 is 3.40. The van der Waals surface area contributed by atoms with Crippen LogP contribution in [0.1, 0.15) is 37.8 Å². The molecule has 2 N–H and O–H groups in total. The Balaban J connectivity index is 2.06. The molecule has 1 aliphatic heterocycles. The minimum atomic E-state index is -0.289. The molecule has 1 heterocycles. The topological polar surface area (TPSA) is 61.4 Å². The number of likely N-dealkylation sites (tertiary alicyclic amines) is 1. The van der Waals surface area contributed by atoms with Gasteiger partial charge in [-0.3, -0.25) is 9.59 Å². The first-order valence-electron chi connectivity index (χ1n) is 7.97. The third-order valence-corrected chi connectivity index (χ3v) is 4.74. The smallest absolute Gasteiger partial charge is 0.225 e. The fourth-order valence-corrected chi connectivity index (χ4v) is 3.20. The molecule has 126 valence electrons. The van der Waals surface area contributed by atoms with Gasteiger partial charge in [-0.2, -0.15) is 0 Å². The van der Waals surface area contributed by atoms with Crippen molar-refractivity contribution in [2.75, 3.05) is 20.1 Å². The lowest BCUT2D eigenvalue weighted by Crippen LogP contribution is -2.47. The van der Waals surface area contributed by atoms with Crippen LogP contribution in [0.3, 0.4) is 0 Å². The third-order valence-electron chi connectivity index (χ3n) is 4.21. The van der Waals surface area contributed by atoms with Crippen LogP contribution >= 0.6 is 15.9 Å². The van der Waals surface area contributed by atoms with Gasteiger partial charge in [0.2, 0.25) is 11.8 Å². The second-order valence-electron chi connectivity index (χ2n) is 5.98. The quantitative estimate of drug-likeness (QED) is 0.821. The van der Waals surface area contributed by atoms with Crippen molar-refractivity contribution in [3.8, 4) is 0 Å². The van der Waals surface area contributed by atoms with E-state index in [0.717, 1.165) is 36.0 Å². The number of piperidine rings is 1. The number of nitrogens with one attached hydrogen (secondary N) is 2. The van der Waals surface area contributed by atoms with Gasteiger partial charge in [-0.05, 0) is 37.6 Å². The van der Waals surface area contributed by atoms with Gasteiger partial charge >= 0.3 is 0 Å². The molecule has 2 amide bonds. The zero-order valence-electron chi connectivity index (χ0n) is 13.6. The lowest BCUT2D eigenvalue weighted by molar-refractivity contribution is -0.133. The average molecular weight is 382 g/mol. The standard InChI is InChI=1S/C17H24BrN3O2/c1-12(22)20-16(13-5-7-14(18)8-6-13)10-17(23)21-9-3-4-15(11-21)19-2/h5-8,15-16,19H,3-4,9-11H2,1-2H3,(H,20,22)/t15-,16+/m1/s1. The number of carbonyl (C=O) groups is 2. The van der Waals surface area contributed by atoms with Crippen LogP contribution in [0.2, 0.25) is 0 Å². The summed E-state index contributed by atoms with van der Waals surface area (Å²) in [5, 5.41) is 6.14. The third kappa shape index (κ3) is 5.32. The van der Waals surface area contributed by atoms with Crippen molar-refractivity contribution < 1.29 is 9.59 Å². The molecule has 0 bridgehead atoms. The summed E-state index contributed by atoms with van der Waals surface area (Å²) in [5.41, 5.74) is 0.943. The molecule has 6 heteroatoms. The number of hydrogen-bond acceptors (Lipinski definition) is 3. The minimum Gasteiger partial charge on any atom is -0.349 e. The Bertz CT molecular complexity index is 547. The number of hydrogen-bond donors (Lipinski definition) is 2. The monoisotopic (exact) mass is 381 g/mol. The van der Waals surface area contributed by atoms with E-state index in [1.807, 2.05) is 36.2 Å². The van der Waals surface area contributed by atoms with E-state index >= 15 is 0 Å². The number of amides is 2. The molecule has 0 spiro atoms. The maximum atomic E-state index is 12.6. The maximum Gasteiger partial charge on any atom is 0.225 e. The van der Waals surface area contributed by atoms with Gasteiger partial charge < -0.3 is 15.5 Å². The predicted molar refractivity (Wildman–Crippen MR) is 94.0 cm³/mol. The van der Waals surface area contributed by atoms with Crippen molar-refractivity contribution >= 4 is 27.7 Å². The summed E-state index contributed by atoms with van der Waals surface area (Å²) in [7, 11) is 1.93. The molecule has 0 aromatic heterocycles. The second kappa shape index (κ2) is 8.45. The molecule has 0 saturated carbocycles. The molecule has 5 nitrogen and oxygen atoms in total. The van der Waals surface area contributed by atoms with E-state index in [4.69, 9.17) is 0 Å². The Morgan fingerprint density at radius 1 is 1.35 bits per heavy atom. The van der Waals surface area contributed by atoms with Crippen molar-refractivity contribution in [3.63, 3.8) is 0 Å². The van der Waals surface area contributed by atoms with Crippen LogP contribution < -0.4 is 10.6 Å². The van der Waals surface area contributed by atoms with E-state index in [2.05, 4.69) is 26.6 Å². The molecule has 0 aliphatic carbocycles. The largest absolute Gasteiger partial charge is 0.349 e. The number of likely N-dealkylation sites (N-methyl/N-ethyl adjacent to an activating group) is 1. The zero-order valence-corrected chi connectivity index (χ0v) is 15.2. The highest BCUT2D eigenvalue weighted by molar-refractivity contribution is 9.10. The Morgan fingerprint density at radius 2 is 2.04 bits per heavy atom. The Morgan fingerprint density at radius 3 is 2.65 bits per heavy atom. The van der Waals surface area contributed by atoms with Crippen LogP contribution in [0.5, 0.6) is 0 Å². The van der Waals surface area contributed by atoms with E-state index in [0.29, 0.717) is 6.04 Å². The van der Waals surface area contributed by atoms with Crippen molar-refractivity contribution in [1.29, 1.82) is 0 Å². The fourth-order valence-electron chi connectivity index (χ4n) is 2.94. The highest BCUT2D eigenvalue weighted by Gasteiger charge is 2.25. The second-order valence-corrected chi connectivity index (χ2v) is 6.89. The molecule has 1 aliphatic rings. The molecule has 23 heavy (non-hydrogen) atoms. The molecule has 1 aromatic carbocycles. The minimum absolute atomic E-state index is 0.0895. The van der Waals surface area contributed by atoms with Crippen LogP contribution in [-0.4, -0.2) is 42.9 Å². The van der Waals surface area contributed by atoms with E-state index in [1.54, 1.807) is 0 Å². The lowest BCUT2D eigenvalue weighted by atomic mass is 10.0. The first kappa shape index (κ1) is 17.9. The predicted octanol–water partition coefficient (Wildman–Crippen LogP) is 2.23. The first-order chi connectivity index (χ1) is 11.0. The number of rotatable bonds is 5. The fraction of sp³-hybridized carbons (Fsp3) is 0.529. The molecule has 0 radical (unpaired) electrons. The summed E-state index contributed by atoms with van der Waals surface area (Å²) in [4.78, 5) is 26.0. The molecule has 2 rings (SSSR count). The van der Waals surface area contributed by atoms with E-state index < -0.39 is 0 Å². The van der Waals surface area contributed by atoms with E-state index in [-0.39, 0.29) is 24.3 Å². The summed E-state index contributed by atoms with van der Waals surface area (Å²) in [6.07, 6.45) is 2.40. The zero-order chi connectivity index (χ0) is 16.8. The Hall–Kier alpha value is -1.40. The summed E-state index contributed by atoms with van der Waals surface area (Å²) in [5.74, 6) is -0.0379. The molecule has 1 saturated heterocycles. The van der Waals surface area contributed by atoms with Gasteiger partial charge in [-0.1, -0.05) is 28.1 Å². The van der Waals surface area contributed by atoms with Crippen LogP contribution in [0.25, 0.3) is 0 Å². The Labute approximate surface area is 145 Å². The van der Waals surface area contributed by atoms with Crippen molar-refractivity contribution in [3.05, 3.63) is 34.3 Å². The van der Waals surface area contributed by atoms with E-state index in [1.165, 1.54) is 6.92 Å². The molecule has 1 aromatic rings. The lowest BCUT2D eigenvalue weighted by Gasteiger charge is -2.33. The number of carbonyl (C=O) groups excluding carboxylic acids is 2. The van der Waals surface area contributed by atoms with Gasteiger partial charge in [-0.25, -0.2) is 0 Å². The SMILES string of the molecule is CN[C@@H]1CCCN(C(=O)C[C@H](NC(C)=O)c2ccc(Br)cc2)C1. The van der Waals surface area contributed by atoms with Crippen molar-refractivity contribution in [1.82, 2.24) is 15.5 Å². The molecule has 0 unspecified atom stereocenters. The van der Waals surface area contributed by atoms with E-state index in [9.17, 15) is 9.59 Å². The van der Waals surface area contributed by atoms with Gasteiger partial charge in [0.1, 0.15) is 0 Å². The van der Waals surface area contributed by atoms with Gasteiger partial charge in [0.15, 0.2) is 0 Å². The van der Waals surface area contributed by atoms with Crippen LogP contribution in [0, 0.1) is 0 Å². The number of benzene rings is 1. The van der Waals surface area contributed by atoms with Gasteiger partial charge in [0.05, 0.1) is 12.5 Å². The van der Waals surface area contributed by atoms with Gasteiger partial charge in [0.25, 0.3) is 0 Å². The molecule has 2 atom stereocenters. The molecule has 1 fully saturated rings. The normalized spacial score (nSPS) is 19.3. The van der Waals surface area contributed by atoms with Crippen LogP contribution in [0.15, 0.2) is 28.7 Å². The average Bonchev–Trinajstić information content (AvgIpc) is 2.54. The highest BCUT2D eigenvalue weighted by Crippen LogP contribution is 2.22. The maximum absolute atomic E-state index is 12.6. The number of nitrogens with zero attached hydrogens (tertiary/aromatic N) is 1.